The lowest BCUT2D eigenvalue weighted by molar-refractivity contribution is 0.0522. The van der Waals surface area contributed by atoms with Crippen molar-refractivity contribution in [3.63, 3.8) is 0 Å². The zero-order valence-electron chi connectivity index (χ0n) is 14.2. The van der Waals surface area contributed by atoms with Crippen LogP contribution in [0.25, 0.3) is 11.3 Å². The van der Waals surface area contributed by atoms with Gasteiger partial charge >= 0.3 is 5.97 Å². The van der Waals surface area contributed by atoms with Gasteiger partial charge in [0, 0.05) is 5.56 Å². The van der Waals surface area contributed by atoms with E-state index in [2.05, 4.69) is 0 Å². The molecule has 0 fully saturated rings. The van der Waals surface area contributed by atoms with Crippen molar-refractivity contribution in [1.29, 1.82) is 0 Å². The lowest BCUT2D eigenvalue weighted by atomic mass is 10.1. The Balaban J connectivity index is 2.36. The third-order valence-electron chi connectivity index (χ3n) is 3.82. The molecule has 3 rings (SSSR count). The quantitative estimate of drug-likeness (QED) is 0.589. The molecule has 0 amide bonds. The first-order valence-electron chi connectivity index (χ1n) is 8.02. The van der Waals surface area contributed by atoms with Crippen molar-refractivity contribution < 1.29 is 22.3 Å². The molecule has 0 saturated carbocycles. The SMILES string of the molecule is CCOC(=O)c1c(F)c(-c2ccccc2)n(S(=O)(=O)c2ccccc2)c1Cl. The summed E-state index contributed by atoms with van der Waals surface area (Å²) in [6, 6.07) is 15.5. The van der Waals surface area contributed by atoms with Gasteiger partial charge in [-0.15, -0.1) is 0 Å². The Labute approximate surface area is 161 Å². The van der Waals surface area contributed by atoms with Crippen LogP contribution in [0.3, 0.4) is 0 Å². The highest BCUT2D eigenvalue weighted by Gasteiger charge is 2.34. The standard InChI is InChI=1S/C19H15ClFNO4S/c1-2-26-19(23)15-16(21)17(13-9-5-3-6-10-13)22(18(15)20)27(24,25)14-11-7-4-8-12-14/h3-12H,2H2,1H3. The van der Waals surface area contributed by atoms with Crippen LogP contribution in [-0.4, -0.2) is 25.0 Å². The van der Waals surface area contributed by atoms with Gasteiger partial charge in [0.15, 0.2) is 5.82 Å². The van der Waals surface area contributed by atoms with E-state index >= 15 is 4.39 Å². The maximum atomic E-state index is 15.2. The molecule has 8 heteroatoms. The Hall–Kier alpha value is -2.64. The summed E-state index contributed by atoms with van der Waals surface area (Å²) < 4.78 is 47.0. The van der Waals surface area contributed by atoms with Crippen LogP contribution in [0.15, 0.2) is 65.6 Å². The van der Waals surface area contributed by atoms with Gasteiger partial charge in [0.05, 0.1) is 11.5 Å². The minimum absolute atomic E-state index is 0.00805. The number of ether oxygens (including phenoxy) is 1. The van der Waals surface area contributed by atoms with Crippen LogP contribution in [0, 0.1) is 5.82 Å². The summed E-state index contributed by atoms with van der Waals surface area (Å²) in [7, 11) is -4.26. The summed E-state index contributed by atoms with van der Waals surface area (Å²) in [5.41, 5.74) is -0.684. The largest absolute Gasteiger partial charge is 0.462 e. The van der Waals surface area contributed by atoms with Crippen LogP contribution in [0.4, 0.5) is 4.39 Å². The molecule has 1 heterocycles. The lowest BCUT2D eigenvalue weighted by Crippen LogP contribution is -2.15. The van der Waals surface area contributed by atoms with Gasteiger partial charge < -0.3 is 4.74 Å². The van der Waals surface area contributed by atoms with E-state index in [1.54, 1.807) is 31.2 Å². The van der Waals surface area contributed by atoms with E-state index in [1.165, 1.54) is 36.4 Å². The number of aromatic nitrogens is 1. The number of halogens is 2. The van der Waals surface area contributed by atoms with E-state index in [9.17, 15) is 13.2 Å². The fourth-order valence-corrected chi connectivity index (χ4v) is 4.60. The molecule has 0 saturated heterocycles. The van der Waals surface area contributed by atoms with Gasteiger partial charge in [-0.25, -0.2) is 21.6 Å². The van der Waals surface area contributed by atoms with Gasteiger partial charge in [-0.2, -0.15) is 0 Å². The highest BCUT2D eigenvalue weighted by Crippen LogP contribution is 2.37. The summed E-state index contributed by atoms with van der Waals surface area (Å²) in [5, 5.41) is -0.561. The van der Waals surface area contributed by atoms with E-state index in [-0.39, 0.29) is 22.8 Å². The van der Waals surface area contributed by atoms with Crippen molar-refractivity contribution >= 4 is 27.6 Å². The number of benzene rings is 2. The fourth-order valence-electron chi connectivity index (χ4n) is 2.64. The number of esters is 1. The van der Waals surface area contributed by atoms with Crippen molar-refractivity contribution in [3.05, 3.63) is 77.2 Å². The lowest BCUT2D eigenvalue weighted by Gasteiger charge is -2.12. The third kappa shape index (κ3) is 3.36. The van der Waals surface area contributed by atoms with Crippen molar-refractivity contribution in [1.82, 2.24) is 3.97 Å². The maximum Gasteiger partial charge on any atom is 0.344 e. The van der Waals surface area contributed by atoms with E-state index in [0.29, 0.717) is 3.97 Å². The fraction of sp³-hybridized carbons (Fsp3) is 0.105. The van der Waals surface area contributed by atoms with Crippen molar-refractivity contribution in [2.45, 2.75) is 11.8 Å². The van der Waals surface area contributed by atoms with Crippen LogP contribution in [-0.2, 0) is 14.8 Å². The number of hydrogen-bond donors (Lipinski definition) is 0. The van der Waals surface area contributed by atoms with Crippen LogP contribution in [0.1, 0.15) is 17.3 Å². The first-order chi connectivity index (χ1) is 12.9. The van der Waals surface area contributed by atoms with Gasteiger partial charge in [-0.05, 0) is 19.1 Å². The third-order valence-corrected chi connectivity index (χ3v) is 6.00. The molecule has 0 spiro atoms. The zero-order chi connectivity index (χ0) is 19.6. The second kappa shape index (κ2) is 7.54. The molecule has 0 bridgehead atoms. The average molecular weight is 408 g/mol. The highest BCUT2D eigenvalue weighted by atomic mass is 35.5. The van der Waals surface area contributed by atoms with Crippen LogP contribution in [0.5, 0.6) is 0 Å². The van der Waals surface area contributed by atoms with Crippen molar-refractivity contribution in [2.24, 2.45) is 0 Å². The first kappa shape index (κ1) is 19.1. The number of nitrogens with zero attached hydrogens (tertiary/aromatic N) is 1. The molecule has 0 N–H and O–H groups in total. The van der Waals surface area contributed by atoms with Gasteiger partial charge in [0.25, 0.3) is 10.0 Å². The molecule has 0 aliphatic carbocycles. The summed E-state index contributed by atoms with van der Waals surface area (Å²) in [4.78, 5) is 12.1. The predicted molar refractivity (Wildman–Crippen MR) is 99.8 cm³/mol. The molecule has 0 unspecified atom stereocenters. The number of rotatable bonds is 5. The van der Waals surface area contributed by atoms with Gasteiger partial charge in [-0.1, -0.05) is 60.1 Å². The Morgan fingerprint density at radius 3 is 2.19 bits per heavy atom. The smallest absolute Gasteiger partial charge is 0.344 e. The molecule has 0 atom stereocenters. The molecule has 0 aliphatic heterocycles. The molecule has 3 aromatic rings. The Morgan fingerprint density at radius 1 is 1.07 bits per heavy atom. The average Bonchev–Trinajstić information content (AvgIpc) is 2.94. The number of carbonyl (C=O) groups is 1. The summed E-state index contributed by atoms with van der Waals surface area (Å²) >= 11 is 6.19. The minimum Gasteiger partial charge on any atom is -0.462 e. The normalized spacial score (nSPS) is 11.4. The second-order valence-corrected chi connectivity index (χ2v) is 7.64. The molecular weight excluding hydrogens is 393 g/mol. The highest BCUT2D eigenvalue weighted by molar-refractivity contribution is 7.90. The predicted octanol–water partition coefficient (Wildman–Crippen LogP) is 4.36. The van der Waals surface area contributed by atoms with E-state index in [4.69, 9.17) is 16.3 Å². The Kier molecular flexibility index (Phi) is 5.34. The molecule has 1 aromatic heterocycles. The molecular formula is C19H15ClFNO4S. The Bertz CT molecular complexity index is 1080. The Morgan fingerprint density at radius 2 is 1.63 bits per heavy atom. The number of carbonyl (C=O) groups excluding carboxylic acids is 1. The maximum absolute atomic E-state index is 15.2. The second-order valence-electron chi connectivity index (χ2n) is 5.50. The molecule has 140 valence electrons. The molecule has 0 aliphatic rings. The molecule has 5 nitrogen and oxygen atoms in total. The van der Waals surface area contributed by atoms with E-state index in [0.717, 1.165) is 0 Å². The summed E-state index contributed by atoms with van der Waals surface area (Å²) in [6.45, 7) is 1.55. The topological polar surface area (TPSA) is 65.4 Å². The molecule has 2 aromatic carbocycles. The van der Waals surface area contributed by atoms with Gasteiger partial charge in [0.2, 0.25) is 0 Å². The van der Waals surface area contributed by atoms with Crippen molar-refractivity contribution in [3.8, 4) is 11.3 Å². The van der Waals surface area contributed by atoms with Gasteiger partial charge in [0.1, 0.15) is 16.4 Å². The van der Waals surface area contributed by atoms with Crippen LogP contribution in [0.2, 0.25) is 5.15 Å². The monoisotopic (exact) mass is 407 g/mol. The van der Waals surface area contributed by atoms with Gasteiger partial charge in [-0.3, -0.25) is 0 Å². The summed E-state index contributed by atoms with van der Waals surface area (Å²) in [6.07, 6.45) is 0. The van der Waals surface area contributed by atoms with E-state index < -0.39 is 32.5 Å². The van der Waals surface area contributed by atoms with Crippen LogP contribution >= 0.6 is 11.6 Å². The first-order valence-corrected chi connectivity index (χ1v) is 9.84. The zero-order valence-corrected chi connectivity index (χ0v) is 15.8. The molecule has 0 radical (unpaired) electrons. The number of hydrogen-bond acceptors (Lipinski definition) is 4. The molecule has 27 heavy (non-hydrogen) atoms. The van der Waals surface area contributed by atoms with Crippen LogP contribution < -0.4 is 0 Å². The van der Waals surface area contributed by atoms with E-state index in [1.807, 2.05) is 0 Å². The van der Waals surface area contributed by atoms with Crippen molar-refractivity contribution in [2.75, 3.05) is 6.61 Å². The summed E-state index contributed by atoms with van der Waals surface area (Å²) in [5.74, 6) is -2.08. The minimum atomic E-state index is -4.26.